The van der Waals surface area contributed by atoms with Crippen LogP contribution in [0.25, 0.3) is 0 Å². The average Bonchev–Trinajstić information content (AvgIpc) is 2.51. The molecule has 0 aromatic heterocycles. The Morgan fingerprint density at radius 1 is 1.04 bits per heavy atom. The predicted molar refractivity (Wildman–Crippen MR) is 88.8 cm³/mol. The van der Waals surface area contributed by atoms with Gasteiger partial charge in [0.2, 0.25) is 10.0 Å². The number of hydrogen-bond donors (Lipinski definition) is 1. The normalized spacial score (nSPS) is 11.4. The lowest BCUT2D eigenvalue weighted by Crippen LogP contribution is -2.30. The van der Waals surface area contributed by atoms with Crippen molar-refractivity contribution in [2.75, 3.05) is 18.9 Å². The summed E-state index contributed by atoms with van der Waals surface area (Å²) in [5, 5.41) is 0.646. The second-order valence-electron chi connectivity index (χ2n) is 4.89. The van der Waals surface area contributed by atoms with Gasteiger partial charge in [0.15, 0.2) is 0 Å². The SMILES string of the molecule is O=S(=O)(CCOc1ccc(F)cc1)NCCc1ccc(Cl)cc1. The summed E-state index contributed by atoms with van der Waals surface area (Å²) in [6, 6.07) is 12.7. The Morgan fingerprint density at radius 3 is 2.35 bits per heavy atom. The molecule has 0 radical (unpaired) electrons. The molecule has 124 valence electrons. The van der Waals surface area contributed by atoms with Gasteiger partial charge in [0.1, 0.15) is 18.2 Å². The van der Waals surface area contributed by atoms with Crippen molar-refractivity contribution in [1.82, 2.24) is 4.72 Å². The van der Waals surface area contributed by atoms with Crippen molar-refractivity contribution >= 4 is 21.6 Å². The number of rotatable bonds is 8. The van der Waals surface area contributed by atoms with Crippen molar-refractivity contribution in [3.63, 3.8) is 0 Å². The van der Waals surface area contributed by atoms with Crippen LogP contribution in [0.1, 0.15) is 5.56 Å². The van der Waals surface area contributed by atoms with Gasteiger partial charge in [-0.05, 0) is 48.4 Å². The molecular weight excluding hydrogens is 341 g/mol. The Balaban J connectivity index is 1.71. The highest BCUT2D eigenvalue weighted by Gasteiger charge is 2.10. The summed E-state index contributed by atoms with van der Waals surface area (Å²) in [4.78, 5) is 0. The van der Waals surface area contributed by atoms with E-state index in [9.17, 15) is 12.8 Å². The molecule has 0 spiro atoms. The molecule has 0 saturated carbocycles. The number of nitrogens with one attached hydrogen (secondary N) is 1. The van der Waals surface area contributed by atoms with Gasteiger partial charge in [-0.15, -0.1) is 0 Å². The van der Waals surface area contributed by atoms with Gasteiger partial charge >= 0.3 is 0 Å². The summed E-state index contributed by atoms with van der Waals surface area (Å²) in [6.45, 7) is 0.308. The highest BCUT2D eigenvalue weighted by Crippen LogP contribution is 2.11. The molecule has 0 unspecified atom stereocenters. The summed E-state index contributed by atoms with van der Waals surface area (Å²) < 4.78 is 44.2. The first-order valence-corrected chi connectivity index (χ1v) is 9.08. The van der Waals surface area contributed by atoms with Crippen molar-refractivity contribution in [1.29, 1.82) is 0 Å². The molecule has 2 rings (SSSR count). The monoisotopic (exact) mass is 357 g/mol. The maximum absolute atomic E-state index is 12.7. The van der Waals surface area contributed by atoms with Crippen LogP contribution in [0.4, 0.5) is 4.39 Å². The quantitative estimate of drug-likeness (QED) is 0.790. The lowest BCUT2D eigenvalue weighted by molar-refractivity contribution is 0.339. The molecule has 0 fully saturated rings. The van der Waals surface area contributed by atoms with Crippen LogP contribution in [-0.4, -0.2) is 27.3 Å². The van der Waals surface area contributed by atoms with E-state index in [0.29, 0.717) is 23.7 Å². The largest absolute Gasteiger partial charge is 0.492 e. The van der Waals surface area contributed by atoms with E-state index in [2.05, 4.69) is 4.72 Å². The fourth-order valence-corrected chi connectivity index (χ4v) is 2.86. The lowest BCUT2D eigenvalue weighted by Gasteiger charge is -2.08. The molecule has 0 atom stereocenters. The molecule has 0 bridgehead atoms. The van der Waals surface area contributed by atoms with Crippen molar-refractivity contribution in [2.24, 2.45) is 0 Å². The van der Waals surface area contributed by atoms with Crippen LogP contribution in [0.15, 0.2) is 48.5 Å². The van der Waals surface area contributed by atoms with Gasteiger partial charge in [0.05, 0.1) is 5.75 Å². The lowest BCUT2D eigenvalue weighted by atomic mass is 10.2. The Bertz CT molecular complexity index is 660. The third-order valence-corrected chi connectivity index (χ3v) is 4.68. The van der Waals surface area contributed by atoms with Crippen LogP contribution in [0.5, 0.6) is 5.75 Å². The van der Waals surface area contributed by atoms with E-state index in [1.165, 1.54) is 24.3 Å². The Kier molecular flexibility index (Phi) is 6.38. The molecule has 7 heteroatoms. The van der Waals surface area contributed by atoms with E-state index in [4.69, 9.17) is 16.3 Å². The summed E-state index contributed by atoms with van der Waals surface area (Å²) in [7, 11) is -3.41. The molecule has 0 aliphatic carbocycles. The molecule has 1 N–H and O–H groups in total. The molecule has 2 aromatic rings. The van der Waals surface area contributed by atoms with Crippen molar-refractivity contribution in [3.05, 3.63) is 64.9 Å². The van der Waals surface area contributed by atoms with E-state index in [1.54, 1.807) is 12.1 Å². The Morgan fingerprint density at radius 2 is 1.70 bits per heavy atom. The molecule has 0 saturated heterocycles. The highest BCUT2D eigenvalue weighted by atomic mass is 35.5. The van der Waals surface area contributed by atoms with Gasteiger partial charge in [0, 0.05) is 11.6 Å². The summed E-state index contributed by atoms with van der Waals surface area (Å²) in [5.41, 5.74) is 1.000. The Hall–Kier alpha value is -1.63. The molecule has 0 heterocycles. The summed E-state index contributed by atoms with van der Waals surface area (Å²) >= 11 is 5.79. The van der Waals surface area contributed by atoms with E-state index in [1.807, 2.05) is 12.1 Å². The molecule has 23 heavy (non-hydrogen) atoms. The van der Waals surface area contributed by atoms with Gasteiger partial charge in [-0.2, -0.15) is 0 Å². The zero-order valence-electron chi connectivity index (χ0n) is 12.3. The van der Waals surface area contributed by atoms with Crippen molar-refractivity contribution in [2.45, 2.75) is 6.42 Å². The maximum atomic E-state index is 12.7. The summed E-state index contributed by atoms with van der Waals surface area (Å²) in [5.74, 6) is -0.0954. The number of ether oxygens (including phenoxy) is 1. The topological polar surface area (TPSA) is 55.4 Å². The minimum absolute atomic E-state index is 0.00190. The maximum Gasteiger partial charge on any atom is 0.214 e. The zero-order valence-corrected chi connectivity index (χ0v) is 13.9. The molecule has 2 aromatic carbocycles. The first-order valence-electron chi connectivity index (χ1n) is 7.05. The van der Waals surface area contributed by atoms with Gasteiger partial charge in [-0.25, -0.2) is 17.5 Å². The minimum atomic E-state index is -3.41. The van der Waals surface area contributed by atoms with Gasteiger partial charge in [-0.1, -0.05) is 23.7 Å². The number of sulfonamides is 1. The molecule has 4 nitrogen and oxygen atoms in total. The van der Waals surface area contributed by atoms with Gasteiger partial charge in [-0.3, -0.25) is 0 Å². The Labute approximate surface area is 140 Å². The first-order chi connectivity index (χ1) is 10.9. The van der Waals surface area contributed by atoms with Crippen LogP contribution >= 0.6 is 11.6 Å². The van der Waals surface area contributed by atoms with Crippen LogP contribution < -0.4 is 9.46 Å². The minimum Gasteiger partial charge on any atom is -0.492 e. The van der Waals surface area contributed by atoms with Crippen LogP contribution in [0.3, 0.4) is 0 Å². The predicted octanol–water partition coefficient (Wildman–Crippen LogP) is 3.02. The fourth-order valence-electron chi connectivity index (χ4n) is 1.87. The first kappa shape index (κ1) is 17.7. The van der Waals surface area contributed by atoms with Gasteiger partial charge in [0.25, 0.3) is 0 Å². The molecule has 0 aliphatic heterocycles. The van der Waals surface area contributed by atoms with Gasteiger partial charge < -0.3 is 4.74 Å². The second-order valence-corrected chi connectivity index (χ2v) is 7.25. The van der Waals surface area contributed by atoms with E-state index < -0.39 is 10.0 Å². The van der Waals surface area contributed by atoms with Crippen LogP contribution in [-0.2, 0) is 16.4 Å². The smallest absolute Gasteiger partial charge is 0.214 e. The molecule has 0 aliphatic rings. The third-order valence-electron chi connectivity index (χ3n) is 3.08. The fraction of sp³-hybridized carbons (Fsp3) is 0.250. The summed E-state index contributed by atoms with van der Waals surface area (Å²) in [6.07, 6.45) is 0.579. The number of hydrogen-bond acceptors (Lipinski definition) is 3. The number of halogens is 2. The van der Waals surface area contributed by atoms with Crippen LogP contribution in [0, 0.1) is 5.82 Å². The second kappa shape index (κ2) is 8.29. The average molecular weight is 358 g/mol. The van der Waals surface area contributed by atoms with Crippen molar-refractivity contribution < 1.29 is 17.5 Å². The van der Waals surface area contributed by atoms with Crippen molar-refractivity contribution in [3.8, 4) is 5.75 Å². The van der Waals surface area contributed by atoms with E-state index in [0.717, 1.165) is 5.56 Å². The zero-order chi connectivity index (χ0) is 16.7. The van der Waals surface area contributed by atoms with E-state index in [-0.39, 0.29) is 18.2 Å². The van der Waals surface area contributed by atoms with E-state index >= 15 is 0 Å². The highest BCUT2D eigenvalue weighted by molar-refractivity contribution is 7.89. The number of benzene rings is 2. The van der Waals surface area contributed by atoms with Crippen LogP contribution in [0.2, 0.25) is 5.02 Å². The molecule has 0 amide bonds. The molecular formula is C16H17ClFNO3S. The third kappa shape index (κ3) is 6.56. The standard InChI is InChI=1S/C16H17ClFNO3S/c17-14-3-1-13(2-4-14)9-10-19-23(20,21)12-11-22-16-7-5-15(18)6-8-16/h1-8,19H,9-12H2.